The van der Waals surface area contributed by atoms with Crippen molar-refractivity contribution in [1.29, 1.82) is 0 Å². The quantitative estimate of drug-likeness (QED) is 0.827. The van der Waals surface area contributed by atoms with Gasteiger partial charge in [0.2, 0.25) is 0 Å². The maximum absolute atomic E-state index is 5.43. The normalized spacial score (nSPS) is 12.8. The van der Waals surface area contributed by atoms with Crippen molar-refractivity contribution in [3.63, 3.8) is 0 Å². The molecule has 2 rings (SSSR count). The lowest BCUT2D eigenvalue weighted by Crippen LogP contribution is -2.33. The van der Waals surface area contributed by atoms with E-state index in [1.807, 2.05) is 12.1 Å². The SMILES string of the molecule is CCNCC(c1ccccc1)N(C)Cc1ccco1. The van der Waals surface area contributed by atoms with E-state index in [1.165, 1.54) is 5.56 Å². The molecule has 0 aliphatic heterocycles. The Morgan fingerprint density at radius 3 is 2.58 bits per heavy atom. The first-order valence-corrected chi connectivity index (χ1v) is 6.79. The summed E-state index contributed by atoms with van der Waals surface area (Å²) in [5, 5.41) is 3.44. The van der Waals surface area contributed by atoms with Crippen LogP contribution in [0.15, 0.2) is 53.1 Å². The van der Waals surface area contributed by atoms with E-state index >= 15 is 0 Å². The van der Waals surface area contributed by atoms with Gasteiger partial charge in [-0.15, -0.1) is 0 Å². The van der Waals surface area contributed by atoms with Gasteiger partial charge < -0.3 is 9.73 Å². The van der Waals surface area contributed by atoms with Crippen molar-refractivity contribution >= 4 is 0 Å². The number of hydrogen-bond donors (Lipinski definition) is 1. The van der Waals surface area contributed by atoms with Gasteiger partial charge in [0.25, 0.3) is 0 Å². The molecule has 102 valence electrons. The van der Waals surface area contributed by atoms with Gasteiger partial charge in [0.05, 0.1) is 12.8 Å². The van der Waals surface area contributed by atoms with Crippen LogP contribution in [-0.4, -0.2) is 25.0 Å². The van der Waals surface area contributed by atoms with Crippen molar-refractivity contribution in [3.8, 4) is 0 Å². The van der Waals surface area contributed by atoms with E-state index in [0.717, 1.165) is 25.4 Å². The molecule has 19 heavy (non-hydrogen) atoms. The molecular formula is C16H22N2O. The third-order valence-electron chi connectivity index (χ3n) is 3.29. The minimum atomic E-state index is 0.353. The van der Waals surface area contributed by atoms with Crippen LogP contribution in [0.25, 0.3) is 0 Å². The number of nitrogens with one attached hydrogen (secondary N) is 1. The maximum Gasteiger partial charge on any atom is 0.117 e. The van der Waals surface area contributed by atoms with Gasteiger partial charge in [-0.1, -0.05) is 37.3 Å². The summed E-state index contributed by atoms with van der Waals surface area (Å²) in [6.45, 7) is 4.88. The number of nitrogens with zero attached hydrogens (tertiary/aromatic N) is 1. The first-order chi connectivity index (χ1) is 9.31. The van der Waals surface area contributed by atoms with Crippen LogP contribution in [-0.2, 0) is 6.54 Å². The van der Waals surface area contributed by atoms with Gasteiger partial charge >= 0.3 is 0 Å². The average Bonchev–Trinajstić information content (AvgIpc) is 2.93. The van der Waals surface area contributed by atoms with Crippen molar-refractivity contribution in [2.75, 3.05) is 20.1 Å². The Labute approximate surface area is 115 Å². The van der Waals surface area contributed by atoms with Crippen LogP contribution in [0.4, 0.5) is 0 Å². The summed E-state index contributed by atoms with van der Waals surface area (Å²) in [4.78, 5) is 2.32. The van der Waals surface area contributed by atoms with Crippen LogP contribution in [0.5, 0.6) is 0 Å². The number of likely N-dealkylation sites (N-methyl/N-ethyl adjacent to an activating group) is 2. The first-order valence-electron chi connectivity index (χ1n) is 6.79. The lowest BCUT2D eigenvalue weighted by Gasteiger charge is -2.28. The van der Waals surface area contributed by atoms with E-state index in [2.05, 4.69) is 54.5 Å². The van der Waals surface area contributed by atoms with Crippen LogP contribution in [0.3, 0.4) is 0 Å². The fraction of sp³-hybridized carbons (Fsp3) is 0.375. The Kier molecular flexibility index (Phi) is 5.19. The largest absolute Gasteiger partial charge is 0.468 e. The molecule has 3 nitrogen and oxygen atoms in total. The van der Waals surface area contributed by atoms with Gasteiger partial charge in [0.1, 0.15) is 5.76 Å². The van der Waals surface area contributed by atoms with Gasteiger partial charge in [0, 0.05) is 12.6 Å². The standard InChI is InChI=1S/C16H22N2O/c1-3-17-12-16(14-8-5-4-6-9-14)18(2)13-15-10-7-11-19-15/h4-11,16-17H,3,12-13H2,1-2H3. The molecule has 1 aromatic heterocycles. The molecule has 0 saturated heterocycles. The summed E-state index contributed by atoms with van der Waals surface area (Å²) in [5.41, 5.74) is 1.33. The predicted octanol–water partition coefficient (Wildman–Crippen LogP) is 3.06. The Bertz CT molecular complexity index is 453. The molecule has 0 amide bonds. The molecule has 0 bridgehead atoms. The van der Waals surface area contributed by atoms with Gasteiger partial charge in [-0.2, -0.15) is 0 Å². The summed E-state index contributed by atoms with van der Waals surface area (Å²) < 4.78 is 5.43. The average molecular weight is 258 g/mol. The second-order valence-electron chi connectivity index (χ2n) is 4.73. The van der Waals surface area contributed by atoms with E-state index in [1.54, 1.807) is 6.26 Å². The molecule has 2 aromatic rings. The Morgan fingerprint density at radius 1 is 1.16 bits per heavy atom. The van der Waals surface area contributed by atoms with E-state index in [0.29, 0.717) is 6.04 Å². The van der Waals surface area contributed by atoms with E-state index < -0.39 is 0 Å². The molecule has 0 aliphatic carbocycles. The smallest absolute Gasteiger partial charge is 0.117 e. The van der Waals surface area contributed by atoms with Gasteiger partial charge in [-0.25, -0.2) is 0 Å². The molecule has 3 heteroatoms. The van der Waals surface area contributed by atoms with Crippen LogP contribution in [0, 0.1) is 0 Å². The highest BCUT2D eigenvalue weighted by Gasteiger charge is 2.17. The molecule has 1 atom stereocenters. The third-order valence-corrected chi connectivity index (χ3v) is 3.29. The fourth-order valence-electron chi connectivity index (χ4n) is 2.24. The molecule has 0 fully saturated rings. The lowest BCUT2D eigenvalue weighted by molar-refractivity contribution is 0.213. The van der Waals surface area contributed by atoms with E-state index in [-0.39, 0.29) is 0 Å². The van der Waals surface area contributed by atoms with Gasteiger partial charge in [-0.05, 0) is 31.3 Å². The second kappa shape index (κ2) is 7.12. The Morgan fingerprint density at radius 2 is 1.95 bits per heavy atom. The van der Waals surface area contributed by atoms with Gasteiger partial charge in [-0.3, -0.25) is 4.90 Å². The van der Waals surface area contributed by atoms with Crippen LogP contribution in [0.2, 0.25) is 0 Å². The number of benzene rings is 1. The molecule has 0 aliphatic rings. The third kappa shape index (κ3) is 3.94. The summed E-state index contributed by atoms with van der Waals surface area (Å²) in [6.07, 6.45) is 1.73. The topological polar surface area (TPSA) is 28.4 Å². The molecular weight excluding hydrogens is 236 g/mol. The zero-order chi connectivity index (χ0) is 13.5. The fourth-order valence-corrected chi connectivity index (χ4v) is 2.24. The predicted molar refractivity (Wildman–Crippen MR) is 77.9 cm³/mol. The number of rotatable bonds is 7. The van der Waals surface area contributed by atoms with Crippen molar-refractivity contribution in [2.45, 2.75) is 19.5 Å². The minimum Gasteiger partial charge on any atom is -0.468 e. The van der Waals surface area contributed by atoms with Crippen molar-refractivity contribution in [1.82, 2.24) is 10.2 Å². The highest BCUT2D eigenvalue weighted by Crippen LogP contribution is 2.20. The molecule has 0 saturated carbocycles. The van der Waals surface area contributed by atoms with E-state index in [4.69, 9.17) is 4.42 Å². The van der Waals surface area contributed by atoms with Crippen molar-refractivity contribution < 1.29 is 4.42 Å². The summed E-state index contributed by atoms with van der Waals surface area (Å²) >= 11 is 0. The van der Waals surface area contributed by atoms with Crippen molar-refractivity contribution in [2.24, 2.45) is 0 Å². The van der Waals surface area contributed by atoms with E-state index in [9.17, 15) is 0 Å². The maximum atomic E-state index is 5.43. The van der Waals surface area contributed by atoms with Crippen LogP contribution in [0.1, 0.15) is 24.3 Å². The highest BCUT2D eigenvalue weighted by atomic mass is 16.3. The second-order valence-corrected chi connectivity index (χ2v) is 4.73. The molecule has 1 aromatic carbocycles. The zero-order valence-corrected chi connectivity index (χ0v) is 11.7. The monoisotopic (exact) mass is 258 g/mol. The Hall–Kier alpha value is -1.58. The number of furan rings is 1. The van der Waals surface area contributed by atoms with Crippen LogP contribution < -0.4 is 5.32 Å². The molecule has 0 spiro atoms. The molecule has 0 radical (unpaired) electrons. The van der Waals surface area contributed by atoms with Gasteiger partial charge in [0.15, 0.2) is 0 Å². The molecule has 1 unspecified atom stereocenters. The Balaban J connectivity index is 2.08. The zero-order valence-electron chi connectivity index (χ0n) is 11.7. The summed E-state index contributed by atoms with van der Waals surface area (Å²) in [6, 6.07) is 14.9. The summed E-state index contributed by atoms with van der Waals surface area (Å²) in [5.74, 6) is 1.000. The minimum absolute atomic E-state index is 0.353. The van der Waals surface area contributed by atoms with Crippen molar-refractivity contribution in [3.05, 3.63) is 60.1 Å². The highest BCUT2D eigenvalue weighted by molar-refractivity contribution is 5.19. The molecule has 1 heterocycles. The lowest BCUT2D eigenvalue weighted by atomic mass is 10.1. The first kappa shape index (κ1) is 13.8. The number of hydrogen-bond acceptors (Lipinski definition) is 3. The van der Waals surface area contributed by atoms with Crippen LogP contribution >= 0.6 is 0 Å². The summed E-state index contributed by atoms with van der Waals surface area (Å²) in [7, 11) is 2.14. The molecule has 1 N–H and O–H groups in total.